The third kappa shape index (κ3) is 3.20. The van der Waals surface area contributed by atoms with Crippen molar-refractivity contribution in [2.75, 3.05) is 13.1 Å². The predicted octanol–water partition coefficient (Wildman–Crippen LogP) is 2.13. The number of hydrogen-bond acceptors (Lipinski definition) is 4. The molecule has 0 aromatic carbocycles. The number of hydrogen-bond donors (Lipinski definition) is 1. The van der Waals surface area contributed by atoms with Gasteiger partial charge in [-0.05, 0) is 37.8 Å². The summed E-state index contributed by atoms with van der Waals surface area (Å²) in [5.74, 6) is -0.252. The second-order valence-electron chi connectivity index (χ2n) is 6.04. The lowest BCUT2D eigenvalue weighted by Gasteiger charge is -2.22. The van der Waals surface area contributed by atoms with Crippen LogP contribution >= 0.6 is 0 Å². The minimum Gasteiger partial charge on any atom is -0.438 e. The summed E-state index contributed by atoms with van der Waals surface area (Å²) in [5, 5.41) is 2.79. The molecular weight excluding hydrogens is 304 g/mol. The highest BCUT2D eigenvalue weighted by Crippen LogP contribution is 2.23. The fraction of sp³-hybridized carbons (Fsp3) is 0.667. The van der Waals surface area contributed by atoms with Crippen molar-refractivity contribution >= 4 is 15.9 Å². The minimum atomic E-state index is -3.60. The van der Waals surface area contributed by atoms with Gasteiger partial charge >= 0.3 is 0 Å². The van der Waals surface area contributed by atoms with E-state index in [4.69, 9.17) is 4.42 Å². The topological polar surface area (TPSA) is 79.6 Å². The van der Waals surface area contributed by atoms with E-state index in [1.54, 1.807) is 0 Å². The normalized spacial score (nSPS) is 21.1. The number of carbonyl (C=O) groups excluding carboxylic acids is 1. The molecule has 0 unspecified atom stereocenters. The molecule has 1 amide bonds. The Kier molecular flexibility index (Phi) is 4.54. The van der Waals surface area contributed by atoms with Crippen LogP contribution in [0.4, 0.5) is 0 Å². The SMILES string of the molecule is O=C(NC1CCCCC1)c1ccc(S(=O)(=O)N2CCCC2)o1. The number of nitrogens with one attached hydrogen (secondary N) is 1. The largest absolute Gasteiger partial charge is 0.438 e. The van der Waals surface area contributed by atoms with E-state index in [2.05, 4.69) is 5.32 Å². The van der Waals surface area contributed by atoms with E-state index >= 15 is 0 Å². The van der Waals surface area contributed by atoms with Crippen LogP contribution in [0.3, 0.4) is 0 Å². The van der Waals surface area contributed by atoms with Crippen LogP contribution in [0.25, 0.3) is 0 Å². The quantitative estimate of drug-likeness (QED) is 0.919. The molecule has 3 rings (SSSR count). The average Bonchev–Trinajstić information content (AvgIpc) is 3.20. The Morgan fingerprint density at radius 3 is 2.45 bits per heavy atom. The van der Waals surface area contributed by atoms with Gasteiger partial charge in [-0.25, -0.2) is 8.42 Å². The fourth-order valence-corrected chi connectivity index (χ4v) is 4.57. The summed E-state index contributed by atoms with van der Waals surface area (Å²) in [4.78, 5) is 12.2. The Balaban J connectivity index is 1.68. The van der Waals surface area contributed by atoms with E-state index < -0.39 is 10.0 Å². The van der Waals surface area contributed by atoms with Gasteiger partial charge in [-0.1, -0.05) is 19.3 Å². The predicted molar refractivity (Wildman–Crippen MR) is 81.0 cm³/mol. The first-order valence-corrected chi connectivity index (χ1v) is 9.42. The van der Waals surface area contributed by atoms with Gasteiger partial charge in [0.05, 0.1) is 0 Å². The number of amides is 1. The van der Waals surface area contributed by atoms with Gasteiger partial charge in [0.25, 0.3) is 15.9 Å². The average molecular weight is 326 g/mol. The number of furan rings is 1. The second kappa shape index (κ2) is 6.42. The molecule has 6 nitrogen and oxygen atoms in total. The first-order valence-electron chi connectivity index (χ1n) is 7.98. The zero-order chi connectivity index (χ0) is 15.6. The molecule has 1 aromatic heterocycles. The van der Waals surface area contributed by atoms with Gasteiger partial charge in [0, 0.05) is 19.1 Å². The Labute approximate surface area is 130 Å². The Morgan fingerprint density at radius 1 is 1.09 bits per heavy atom. The summed E-state index contributed by atoms with van der Waals surface area (Å²) in [7, 11) is -3.60. The van der Waals surface area contributed by atoms with Crippen LogP contribution < -0.4 is 5.32 Å². The maximum absolute atomic E-state index is 12.4. The number of rotatable bonds is 4. The van der Waals surface area contributed by atoms with Gasteiger partial charge in [0.1, 0.15) is 0 Å². The lowest BCUT2D eigenvalue weighted by Crippen LogP contribution is -2.36. The van der Waals surface area contributed by atoms with Crippen molar-refractivity contribution in [2.24, 2.45) is 0 Å². The molecule has 0 atom stereocenters. The minimum absolute atomic E-state index is 0.0725. The second-order valence-corrected chi connectivity index (χ2v) is 7.91. The molecule has 1 aromatic rings. The van der Waals surface area contributed by atoms with Crippen molar-refractivity contribution in [2.45, 2.75) is 56.1 Å². The van der Waals surface area contributed by atoms with Crippen molar-refractivity contribution < 1.29 is 17.6 Å². The van der Waals surface area contributed by atoms with Crippen molar-refractivity contribution in [3.8, 4) is 0 Å². The molecule has 2 aliphatic rings. The maximum Gasteiger partial charge on any atom is 0.287 e. The molecule has 0 radical (unpaired) electrons. The van der Waals surface area contributed by atoms with Gasteiger partial charge in [0.15, 0.2) is 5.76 Å². The van der Waals surface area contributed by atoms with Crippen molar-refractivity contribution in [1.29, 1.82) is 0 Å². The molecule has 1 aliphatic heterocycles. The lowest BCUT2D eigenvalue weighted by molar-refractivity contribution is 0.0894. The van der Waals surface area contributed by atoms with Gasteiger partial charge < -0.3 is 9.73 Å². The van der Waals surface area contributed by atoms with E-state index in [-0.39, 0.29) is 22.8 Å². The molecule has 1 saturated carbocycles. The number of nitrogens with zero attached hydrogens (tertiary/aromatic N) is 1. The molecule has 7 heteroatoms. The van der Waals surface area contributed by atoms with Crippen LogP contribution in [0, 0.1) is 0 Å². The smallest absolute Gasteiger partial charge is 0.287 e. The van der Waals surface area contributed by atoms with Gasteiger partial charge in [-0.15, -0.1) is 0 Å². The Morgan fingerprint density at radius 2 is 1.77 bits per heavy atom. The van der Waals surface area contributed by atoms with E-state index in [0.29, 0.717) is 13.1 Å². The zero-order valence-electron chi connectivity index (χ0n) is 12.6. The molecule has 122 valence electrons. The monoisotopic (exact) mass is 326 g/mol. The van der Waals surface area contributed by atoms with E-state index in [1.807, 2.05) is 0 Å². The van der Waals surface area contributed by atoms with E-state index in [1.165, 1.54) is 22.9 Å². The summed E-state index contributed by atoms with van der Waals surface area (Å²) in [6.45, 7) is 1.04. The molecule has 2 heterocycles. The molecule has 0 spiro atoms. The maximum atomic E-state index is 12.4. The zero-order valence-corrected chi connectivity index (χ0v) is 13.4. The molecular formula is C15H22N2O4S. The van der Waals surface area contributed by atoms with Crippen LogP contribution in [0.2, 0.25) is 0 Å². The Bertz CT molecular complexity index is 626. The first-order chi connectivity index (χ1) is 10.6. The van der Waals surface area contributed by atoms with Gasteiger partial charge in [-0.3, -0.25) is 4.79 Å². The molecule has 1 N–H and O–H groups in total. The van der Waals surface area contributed by atoms with Gasteiger partial charge in [-0.2, -0.15) is 4.31 Å². The molecule has 2 fully saturated rings. The highest BCUT2D eigenvalue weighted by molar-refractivity contribution is 7.89. The standard InChI is InChI=1S/C15H22N2O4S/c18-15(16-12-6-2-1-3-7-12)13-8-9-14(21-13)22(19,20)17-10-4-5-11-17/h8-9,12H,1-7,10-11H2,(H,16,18). The molecule has 1 aliphatic carbocycles. The number of carbonyl (C=O) groups is 1. The van der Waals surface area contributed by atoms with Crippen molar-refractivity contribution in [1.82, 2.24) is 9.62 Å². The lowest BCUT2D eigenvalue weighted by atomic mass is 9.95. The van der Waals surface area contributed by atoms with Crippen LogP contribution in [0.1, 0.15) is 55.5 Å². The van der Waals surface area contributed by atoms with E-state index in [9.17, 15) is 13.2 Å². The highest BCUT2D eigenvalue weighted by atomic mass is 32.2. The molecule has 22 heavy (non-hydrogen) atoms. The summed E-state index contributed by atoms with van der Waals surface area (Å²) in [6, 6.07) is 3.00. The van der Waals surface area contributed by atoms with E-state index in [0.717, 1.165) is 38.5 Å². The van der Waals surface area contributed by atoms with Crippen LogP contribution in [0.15, 0.2) is 21.6 Å². The van der Waals surface area contributed by atoms with Crippen LogP contribution in [-0.2, 0) is 10.0 Å². The third-order valence-corrected chi connectivity index (χ3v) is 6.18. The summed E-state index contributed by atoms with van der Waals surface area (Å²) in [5.41, 5.74) is 0. The molecule has 0 bridgehead atoms. The fourth-order valence-electron chi connectivity index (χ4n) is 3.14. The summed E-state index contributed by atoms with van der Waals surface area (Å²) in [6.07, 6.45) is 7.15. The highest BCUT2D eigenvalue weighted by Gasteiger charge is 2.31. The van der Waals surface area contributed by atoms with Crippen LogP contribution in [-0.4, -0.2) is 37.8 Å². The van der Waals surface area contributed by atoms with Crippen molar-refractivity contribution in [3.63, 3.8) is 0 Å². The van der Waals surface area contributed by atoms with Crippen molar-refractivity contribution in [3.05, 3.63) is 17.9 Å². The number of sulfonamides is 1. The Hall–Kier alpha value is -1.34. The third-order valence-electron chi connectivity index (χ3n) is 4.40. The summed E-state index contributed by atoms with van der Waals surface area (Å²) >= 11 is 0. The summed E-state index contributed by atoms with van der Waals surface area (Å²) < 4.78 is 31.5. The first kappa shape index (κ1) is 15.6. The van der Waals surface area contributed by atoms with Crippen LogP contribution in [0.5, 0.6) is 0 Å². The van der Waals surface area contributed by atoms with Gasteiger partial charge in [0.2, 0.25) is 5.09 Å². The molecule has 1 saturated heterocycles.